The first-order valence-corrected chi connectivity index (χ1v) is 6.26. The molecule has 0 saturated heterocycles. The van der Waals surface area contributed by atoms with Crippen molar-refractivity contribution < 1.29 is 14.8 Å². The zero-order chi connectivity index (χ0) is 16.1. The third-order valence-electron chi connectivity index (χ3n) is 2.89. The number of aliphatic hydroxyl groups is 1. The monoisotopic (exact) mass is 303 g/mol. The van der Waals surface area contributed by atoms with Crippen LogP contribution in [0.15, 0.2) is 36.7 Å². The maximum atomic E-state index is 11.9. The molecule has 0 aliphatic rings. The van der Waals surface area contributed by atoms with Gasteiger partial charge in [-0.25, -0.2) is 9.97 Å². The van der Waals surface area contributed by atoms with Gasteiger partial charge < -0.3 is 16.2 Å². The average Bonchev–Trinajstić information content (AvgIpc) is 2.52. The van der Waals surface area contributed by atoms with Crippen LogP contribution in [0.3, 0.4) is 0 Å². The summed E-state index contributed by atoms with van der Waals surface area (Å²) in [5, 5.41) is 23.0. The number of carbonyl (C=O) groups is 1. The lowest BCUT2D eigenvalue weighted by molar-refractivity contribution is -0.384. The van der Waals surface area contributed by atoms with Crippen molar-refractivity contribution in [2.24, 2.45) is 0 Å². The number of nitrogens with zero attached hydrogens (tertiary/aromatic N) is 3. The second kappa shape index (κ2) is 6.59. The Bertz CT molecular complexity index is 689. The highest BCUT2D eigenvalue weighted by Crippen LogP contribution is 2.17. The summed E-state index contributed by atoms with van der Waals surface area (Å²) in [4.78, 5) is 29.4. The predicted molar refractivity (Wildman–Crippen MR) is 76.8 cm³/mol. The molecule has 0 aliphatic heterocycles. The van der Waals surface area contributed by atoms with E-state index in [0.717, 1.165) is 0 Å². The van der Waals surface area contributed by atoms with E-state index in [4.69, 9.17) is 5.73 Å². The number of nitrogen functional groups attached to an aromatic ring is 1. The zero-order valence-corrected chi connectivity index (χ0v) is 11.3. The number of rotatable bonds is 5. The van der Waals surface area contributed by atoms with Crippen molar-refractivity contribution in [1.82, 2.24) is 15.3 Å². The van der Waals surface area contributed by atoms with Crippen molar-refractivity contribution in [3.05, 3.63) is 58.0 Å². The topological polar surface area (TPSA) is 144 Å². The molecule has 2 aromatic rings. The Labute approximate surface area is 125 Å². The molecular weight excluding hydrogens is 290 g/mol. The second-order valence-corrected chi connectivity index (χ2v) is 4.36. The van der Waals surface area contributed by atoms with Gasteiger partial charge in [0.25, 0.3) is 11.6 Å². The van der Waals surface area contributed by atoms with Crippen molar-refractivity contribution in [3.63, 3.8) is 0 Å². The van der Waals surface area contributed by atoms with Gasteiger partial charge >= 0.3 is 0 Å². The van der Waals surface area contributed by atoms with Crippen LogP contribution in [-0.4, -0.2) is 32.4 Å². The first kappa shape index (κ1) is 15.3. The smallest absolute Gasteiger partial charge is 0.273 e. The molecule has 0 radical (unpaired) electrons. The van der Waals surface area contributed by atoms with Crippen LogP contribution < -0.4 is 11.1 Å². The van der Waals surface area contributed by atoms with Crippen LogP contribution in [-0.2, 0) is 0 Å². The Balaban J connectivity index is 1.97. The first-order chi connectivity index (χ1) is 10.5. The molecule has 0 spiro atoms. The summed E-state index contributed by atoms with van der Waals surface area (Å²) in [6, 6.07) is 5.40. The number of anilines is 1. The third-order valence-corrected chi connectivity index (χ3v) is 2.89. The number of nitro groups is 1. The van der Waals surface area contributed by atoms with Gasteiger partial charge in [0.05, 0.1) is 11.0 Å². The van der Waals surface area contributed by atoms with Crippen molar-refractivity contribution in [3.8, 4) is 0 Å². The van der Waals surface area contributed by atoms with E-state index in [9.17, 15) is 20.0 Å². The molecule has 1 aromatic heterocycles. The molecule has 22 heavy (non-hydrogen) atoms. The highest BCUT2D eigenvalue weighted by Gasteiger charge is 2.15. The van der Waals surface area contributed by atoms with Gasteiger partial charge in [-0.1, -0.05) is 0 Å². The maximum absolute atomic E-state index is 11.9. The number of amides is 1. The number of nitro benzene ring substituents is 1. The minimum atomic E-state index is -1.01. The highest BCUT2D eigenvalue weighted by atomic mass is 16.6. The number of carbonyl (C=O) groups excluding carboxylic acids is 1. The third kappa shape index (κ3) is 3.52. The van der Waals surface area contributed by atoms with Crippen molar-refractivity contribution in [2.45, 2.75) is 6.10 Å². The Morgan fingerprint density at radius 3 is 2.55 bits per heavy atom. The van der Waals surface area contributed by atoms with E-state index in [0.29, 0.717) is 5.56 Å². The minimum Gasteiger partial charge on any atom is -0.387 e. The summed E-state index contributed by atoms with van der Waals surface area (Å²) in [5.41, 5.74) is 5.86. The fourth-order valence-electron chi connectivity index (χ4n) is 1.73. The predicted octanol–water partition coefficient (Wildman–Crippen LogP) is 0.430. The molecular formula is C13H13N5O4. The van der Waals surface area contributed by atoms with Gasteiger partial charge in [0.2, 0.25) is 0 Å². The maximum Gasteiger partial charge on any atom is 0.273 e. The van der Waals surface area contributed by atoms with Crippen molar-refractivity contribution in [1.29, 1.82) is 0 Å². The van der Waals surface area contributed by atoms with E-state index in [1.165, 1.54) is 36.7 Å². The Kier molecular flexibility index (Phi) is 4.59. The SMILES string of the molecule is Nc1nccnc1C(=O)NCC(O)c1ccc([N+](=O)[O-])cc1. The summed E-state index contributed by atoms with van der Waals surface area (Å²) in [6.45, 7) is -0.0906. The van der Waals surface area contributed by atoms with Crippen LogP contribution >= 0.6 is 0 Å². The summed E-state index contributed by atoms with van der Waals surface area (Å²) in [6.07, 6.45) is 1.68. The summed E-state index contributed by atoms with van der Waals surface area (Å²) >= 11 is 0. The molecule has 9 heteroatoms. The molecule has 4 N–H and O–H groups in total. The normalized spacial score (nSPS) is 11.7. The van der Waals surface area contributed by atoms with Gasteiger partial charge in [-0.05, 0) is 17.7 Å². The molecule has 0 aliphatic carbocycles. The minimum absolute atomic E-state index is 0.00942. The molecule has 114 valence electrons. The molecule has 0 saturated carbocycles. The Morgan fingerprint density at radius 1 is 1.32 bits per heavy atom. The number of hydrogen-bond donors (Lipinski definition) is 3. The fraction of sp³-hybridized carbons (Fsp3) is 0.154. The molecule has 1 heterocycles. The molecule has 1 unspecified atom stereocenters. The van der Waals surface area contributed by atoms with Crippen molar-refractivity contribution >= 4 is 17.4 Å². The van der Waals surface area contributed by atoms with E-state index >= 15 is 0 Å². The number of hydrogen-bond acceptors (Lipinski definition) is 7. The first-order valence-electron chi connectivity index (χ1n) is 6.26. The number of benzene rings is 1. The average molecular weight is 303 g/mol. The number of aliphatic hydroxyl groups excluding tert-OH is 1. The lowest BCUT2D eigenvalue weighted by Crippen LogP contribution is -2.30. The number of nitrogens with one attached hydrogen (secondary N) is 1. The van der Waals surface area contributed by atoms with Crippen LogP contribution in [0.4, 0.5) is 11.5 Å². The number of aromatic nitrogens is 2. The molecule has 0 fully saturated rings. The number of non-ortho nitro benzene ring substituents is 1. The molecule has 1 amide bonds. The van der Waals surface area contributed by atoms with Gasteiger partial charge in [0.15, 0.2) is 11.5 Å². The van der Waals surface area contributed by atoms with Crippen LogP contribution in [0.5, 0.6) is 0 Å². The van der Waals surface area contributed by atoms with Gasteiger partial charge in [-0.15, -0.1) is 0 Å². The standard InChI is InChI=1S/C13H13N5O4/c14-12-11(15-5-6-16-12)13(20)17-7-10(19)8-1-3-9(4-2-8)18(21)22/h1-6,10,19H,7H2,(H2,14,16)(H,17,20). The highest BCUT2D eigenvalue weighted by molar-refractivity contribution is 5.96. The summed E-state index contributed by atoms with van der Waals surface area (Å²) in [7, 11) is 0. The Morgan fingerprint density at radius 2 is 1.95 bits per heavy atom. The van der Waals surface area contributed by atoms with E-state index < -0.39 is 16.9 Å². The van der Waals surface area contributed by atoms with E-state index in [1.807, 2.05) is 0 Å². The summed E-state index contributed by atoms with van der Waals surface area (Å²) < 4.78 is 0. The molecule has 2 rings (SSSR count). The van der Waals surface area contributed by atoms with Gasteiger partial charge in [-0.3, -0.25) is 14.9 Å². The lowest BCUT2D eigenvalue weighted by atomic mass is 10.1. The van der Waals surface area contributed by atoms with Crippen LogP contribution in [0, 0.1) is 10.1 Å². The van der Waals surface area contributed by atoms with Crippen molar-refractivity contribution in [2.75, 3.05) is 12.3 Å². The van der Waals surface area contributed by atoms with Gasteiger partial charge in [-0.2, -0.15) is 0 Å². The second-order valence-electron chi connectivity index (χ2n) is 4.36. The summed E-state index contributed by atoms with van der Waals surface area (Å²) in [5.74, 6) is -0.573. The molecule has 1 aromatic carbocycles. The van der Waals surface area contributed by atoms with E-state index in [1.54, 1.807) is 0 Å². The largest absolute Gasteiger partial charge is 0.387 e. The van der Waals surface area contributed by atoms with Crippen LogP contribution in [0.1, 0.15) is 22.2 Å². The van der Waals surface area contributed by atoms with Gasteiger partial charge in [0.1, 0.15) is 0 Å². The van der Waals surface area contributed by atoms with E-state index in [-0.39, 0.29) is 23.7 Å². The molecule has 9 nitrogen and oxygen atoms in total. The lowest BCUT2D eigenvalue weighted by Gasteiger charge is -2.12. The van der Waals surface area contributed by atoms with Gasteiger partial charge in [0, 0.05) is 31.1 Å². The number of nitrogens with two attached hydrogens (primary N) is 1. The van der Waals surface area contributed by atoms with Crippen LogP contribution in [0.25, 0.3) is 0 Å². The Hall–Kier alpha value is -3.07. The van der Waals surface area contributed by atoms with Crippen LogP contribution in [0.2, 0.25) is 0 Å². The zero-order valence-electron chi connectivity index (χ0n) is 11.3. The fourth-order valence-corrected chi connectivity index (χ4v) is 1.73. The molecule has 0 bridgehead atoms. The van der Waals surface area contributed by atoms with E-state index in [2.05, 4.69) is 15.3 Å². The quantitative estimate of drug-likeness (QED) is 0.536. The molecule has 1 atom stereocenters.